The summed E-state index contributed by atoms with van der Waals surface area (Å²) < 4.78 is 52.0. The molecule has 0 atom stereocenters. The van der Waals surface area contributed by atoms with Crippen LogP contribution in [0, 0.1) is 0 Å². The van der Waals surface area contributed by atoms with Gasteiger partial charge < -0.3 is 4.74 Å². The molecule has 0 amide bonds. The van der Waals surface area contributed by atoms with E-state index in [9.17, 15) is 16.8 Å². The summed E-state index contributed by atoms with van der Waals surface area (Å²) in [5, 5.41) is -0.487. The van der Waals surface area contributed by atoms with Crippen molar-refractivity contribution in [3.8, 4) is 0 Å². The van der Waals surface area contributed by atoms with Crippen LogP contribution in [0.15, 0.2) is 13.7 Å². The number of rotatable bonds is 2. The van der Waals surface area contributed by atoms with Crippen molar-refractivity contribution in [2.75, 3.05) is 12.9 Å². The van der Waals surface area contributed by atoms with Gasteiger partial charge in [0.2, 0.25) is 10.1 Å². The van der Waals surface area contributed by atoms with Crippen LogP contribution < -0.4 is 0 Å². The van der Waals surface area contributed by atoms with Crippen LogP contribution in [0.1, 0.15) is 6.92 Å². The molecule has 0 saturated carbocycles. The Hall–Kier alpha value is -0.600. The third-order valence-electron chi connectivity index (χ3n) is 1.42. The molecule has 0 fully saturated rings. The minimum absolute atomic E-state index is 0.140. The molecule has 0 radical (unpaired) electrons. The Labute approximate surface area is 92.6 Å². The van der Waals surface area contributed by atoms with Crippen molar-refractivity contribution in [2.24, 2.45) is 4.40 Å². The van der Waals surface area contributed by atoms with Gasteiger partial charge in [0, 0.05) is 6.26 Å². The maximum absolute atomic E-state index is 11.3. The minimum atomic E-state index is -4.24. The Morgan fingerprint density at radius 3 is 2.33 bits per heavy atom. The van der Waals surface area contributed by atoms with E-state index in [1.54, 1.807) is 6.92 Å². The zero-order valence-corrected chi connectivity index (χ0v) is 10.3. The van der Waals surface area contributed by atoms with E-state index in [4.69, 9.17) is 16.3 Å². The molecule has 1 aliphatic rings. The highest BCUT2D eigenvalue weighted by molar-refractivity contribution is 8.14. The summed E-state index contributed by atoms with van der Waals surface area (Å²) in [5.41, 5.74) is 0. The van der Waals surface area contributed by atoms with Crippen LogP contribution in [0.3, 0.4) is 0 Å². The predicted octanol–water partition coefficient (Wildman–Crippen LogP) is 0.217. The summed E-state index contributed by atoms with van der Waals surface area (Å²) >= 11 is 5.56. The number of hydrogen-bond acceptors (Lipinski definition) is 5. The SMILES string of the molecule is CCOC1=NS(=O)(=O)C(S(C)(=O)=O)=C1Cl. The molecule has 0 aromatic carbocycles. The van der Waals surface area contributed by atoms with E-state index in [1.165, 1.54) is 0 Å². The van der Waals surface area contributed by atoms with Crippen molar-refractivity contribution in [3.63, 3.8) is 0 Å². The lowest BCUT2D eigenvalue weighted by Crippen LogP contribution is -2.09. The molecule has 15 heavy (non-hydrogen) atoms. The summed E-state index contributed by atoms with van der Waals surface area (Å²) in [6, 6.07) is 0. The van der Waals surface area contributed by atoms with Crippen LogP contribution in [-0.4, -0.2) is 35.6 Å². The quantitative estimate of drug-likeness (QED) is 0.718. The fourth-order valence-corrected chi connectivity index (χ4v) is 4.65. The molecular weight excluding hydrogens is 266 g/mol. The van der Waals surface area contributed by atoms with Gasteiger partial charge in [-0.15, -0.1) is 4.40 Å². The van der Waals surface area contributed by atoms with E-state index in [-0.39, 0.29) is 12.5 Å². The Morgan fingerprint density at radius 1 is 1.47 bits per heavy atom. The highest BCUT2D eigenvalue weighted by Gasteiger charge is 2.39. The Morgan fingerprint density at radius 2 is 2.00 bits per heavy atom. The molecule has 6 nitrogen and oxygen atoms in total. The Bertz CT molecular complexity index is 542. The zero-order valence-electron chi connectivity index (χ0n) is 7.89. The van der Waals surface area contributed by atoms with E-state index in [0.29, 0.717) is 0 Å². The second-order valence-electron chi connectivity index (χ2n) is 2.68. The van der Waals surface area contributed by atoms with Crippen molar-refractivity contribution in [3.05, 3.63) is 9.27 Å². The number of nitrogens with zero attached hydrogens (tertiary/aromatic N) is 1. The van der Waals surface area contributed by atoms with Crippen LogP contribution in [0.5, 0.6) is 0 Å². The van der Waals surface area contributed by atoms with Gasteiger partial charge in [-0.3, -0.25) is 0 Å². The third kappa shape index (κ3) is 2.32. The highest BCUT2D eigenvalue weighted by Crippen LogP contribution is 2.30. The summed E-state index contributed by atoms with van der Waals surface area (Å²) in [4.78, 5) is 0. The van der Waals surface area contributed by atoms with E-state index >= 15 is 0 Å². The topological polar surface area (TPSA) is 89.9 Å². The van der Waals surface area contributed by atoms with Crippen molar-refractivity contribution in [1.82, 2.24) is 0 Å². The molecule has 9 heteroatoms. The van der Waals surface area contributed by atoms with Crippen LogP contribution in [0.2, 0.25) is 0 Å². The molecule has 0 aromatic rings. The number of sulfonamides is 1. The summed E-state index contributed by atoms with van der Waals surface area (Å²) in [5.74, 6) is -0.375. The average molecular weight is 274 g/mol. The lowest BCUT2D eigenvalue weighted by Gasteiger charge is -1.99. The van der Waals surface area contributed by atoms with Crippen molar-refractivity contribution in [2.45, 2.75) is 6.92 Å². The highest BCUT2D eigenvalue weighted by atomic mass is 35.5. The Kier molecular flexibility index (Phi) is 3.13. The van der Waals surface area contributed by atoms with Crippen LogP contribution in [0.4, 0.5) is 0 Å². The van der Waals surface area contributed by atoms with Gasteiger partial charge in [0.1, 0.15) is 5.03 Å². The summed E-state index contributed by atoms with van der Waals surface area (Å²) in [6.45, 7) is 1.74. The van der Waals surface area contributed by atoms with E-state index < -0.39 is 29.1 Å². The van der Waals surface area contributed by atoms with E-state index in [2.05, 4.69) is 4.40 Å². The first kappa shape index (κ1) is 12.5. The first-order chi connectivity index (χ1) is 6.70. The predicted molar refractivity (Wildman–Crippen MR) is 55.7 cm³/mol. The maximum atomic E-state index is 11.3. The molecule has 86 valence electrons. The normalized spacial score (nSPS) is 20.3. The number of sulfone groups is 1. The van der Waals surface area contributed by atoms with Crippen LogP contribution in [0.25, 0.3) is 0 Å². The molecule has 1 rings (SSSR count). The minimum Gasteiger partial charge on any atom is -0.476 e. The molecule has 0 aromatic heterocycles. The van der Waals surface area contributed by atoms with Gasteiger partial charge in [-0.2, -0.15) is 8.42 Å². The van der Waals surface area contributed by atoms with E-state index in [1.807, 2.05) is 0 Å². The van der Waals surface area contributed by atoms with Gasteiger partial charge in [0.05, 0.1) is 6.61 Å². The first-order valence-corrected chi connectivity index (χ1v) is 7.49. The molecule has 1 aliphatic heterocycles. The molecule has 0 unspecified atom stereocenters. The van der Waals surface area contributed by atoms with Crippen molar-refractivity contribution >= 4 is 37.4 Å². The molecule has 0 aliphatic carbocycles. The molecular formula is C6H8ClNO5S2. The number of halogens is 1. The van der Waals surface area contributed by atoms with Gasteiger partial charge in [-0.1, -0.05) is 11.6 Å². The average Bonchev–Trinajstić information content (AvgIpc) is 2.20. The van der Waals surface area contributed by atoms with Crippen LogP contribution >= 0.6 is 11.6 Å². The Balaban J connectivity index is 3.43. The van der Waals surface area contributed by atoms with Crippen LogP contribution in [-0.2, 0) is 24.6 Å². The zero-order chi connectivity index (χ0) is 11.9. The van der Waals surface area contributed by atoms with Gasteiger partial charge in [-0.25, -0.2) is 8.42 Å². The smallest absolute Gasteiger partial charge is 0.298 e. The monoisotopic (exact) mass is 273 g/mol. The summed E-state index contributed by atoms with van der Waals surface area (Å²) in [7, 11) is -8.19. The fraction of sp³-hybridized carbons (Fsp3) is 0.500. The third-order valence-corrected chi connectivity index (χ3v) is 5.49. The molecule has 0 spiro atoms. The van der Waals surface area contributed by atoms with Crippen molar-refractivity contribution in [1.29, 1.82) is 0 Å². The van der Waals surface area contributed by atoms with E-state index in [0.717, 1.165) is 6.26 Å². The molecule has 1 heterocycles. The fourth-order valence-electron chi connectivity index (χ4n) is 0.972. The molecule has 0 bridgehead atoms. The van der Waals surface area contributed by atoms with Crippen molar-refractivity contribution < 1.29 is 21.6 Å². The lowest BCUT2D eigenvalue weighted by atomic mass is 10.6. The van der Waals surface area contributed by atoms with Gasteiger partial charge in [0.15, 0.2) is 9.84 Å². The first-order valence-electron chi connectivity index (χ1n) is 3.78. The molecule has 0 saturated heterocycles. The number of hydrogen-bond donors (Lipinski definition) is 0. The standard InChI is InChI=1S/C6H8ClNO5S2/c1-3-13-5-4(7)6(14(2,9)10)15(11,12)8-5/h3H2,1-2H3. The second kappa shape index (κ2) is 3.76. The second-order valence-corrected chi connectivity index (χ2v) is 6.81. The maximum Gasteiger partial charge on any atom is 0.298 e. The lowest BCUT2D eigenvalue weighted by molar-refractivity contribution is 0.330. The largest absolute Gasteiger partial charge is 0.476 e. The number of ether oxygens (including phenoxy) is 1. The van der Waals surface area contributed by atoms with Gasteiger partial charge in [0.25, 0.3) is 10.0 Å². The molecule has 0 N–H and O–H groups in total. The van der Waals surface area contributed by atoms with Gasteiger partial charge in [-0.05, 0) is 6.92 Å². The van der Waals surface area contributed by atoms with Gasteiger partial charge >= 0.3 is 0 Å². The summed E-state index contributed by atoms with van der Waals surface area (Å²) in [6.07, 6.45) is 0.743.